The van der Waals surface area contributed by atoms with Crippen LogP contribution in [0.3, 0.4) is 0 Å². The number of aliphatic imine (C=N–C) groups is 1. The van der Waals surface area contributed by atoms with Crippen LogP contribution >= 0.6 is 0 Å². The molecule has 0 aliphatic rings. The first-order chi connectivity index (χ1) is 14.0. The highest BCUT2D eigenvalue weighted by molar-refractivity contribution is 5.79. The van der Waals surface area contributed by atoms with Crippen molar-refractivity contribution in [3.63, 3.8) is 0 Å². The first-order valence-corrected chi connectivity index (χ1v) is 9.61. The Bertz CT molecular complexity index is 931. The van der Waals surface area contributed by atoms with Crippen LogP contribution in [0.15, 0.2) is 58.3 Å². The number of oxazole rings is 1. The average Bonchev–Trinajstić information content (AvgIpc) is 3.18. The predicted octanol–water partition coefficient (Wildman–Crippen LogP) is 3.70. The third kappa shape index (κ3) is 6.07. The normalized spacial score (nSPS) is 11.6. The number of pyridine rings is 1. The van der Waals surface area contributed by atoms with Crippen LogP contribution in [0, 0.1) is 6.92 Å². The van der Waals surface area contributed by atoms with Crippen molar-refractivity contribution in [1.82, 2.24) is 20.6 Å². The maximum Gasteiger partial charge on any atom is 0.226 e. The van der Waals surface area contributed by atoms with Crippen LogP contribution in [0.5, 0.6) is 5.88 Å². The lowest BCUT2D eigenvalue weighted by molar-refractivity contribution is 0.232. The Balaban J connectivity index is 1.50. The number of nitrogens with one attached hydrogen (secondary N) is 2. The summed E-state index contributed by atoms with van der Waals surface area (Å²) in [5.74, 6) is 1.91. The number of ether oxygens (including phenoxy) is 1. The summed E-state index contributed by atoms with van der Waals surface area (Å²) in [4.78, 5) is 13.1. The summed E-state index contributed by atoms with van der Waals surface area (Å²) in [6.07, 6.45) is 3.56. The van der Waals surface area contributed by atoms with E-state index in [-0.39, 0.29) is 6.10 Å². The van der Waals surface area contributed by atoms with E-state index in [0.29, 0.717) is 30.8 Å². The minimum Gasteiger partial charge on any atom is -0.475 e. The first-order valence-electron chi connectivity index (χ1n) is 9.61. The van der Waals surface area contributed by atoms with E-state index in [2.05, 4.69) is 32.5 Å². The van der Waals surface area contributed by atoms with Gasteiger partial charge < -0.3 is 19.8 Å². The zero-order valence-electron chi connectivity index (χ0n) is 17.3. The maximum atomic E-state index is 5.59. The van der Waals surface area contributed by atoms with Crippen LogP contribution in [-0.2, 0) is 13.1 Å². The Hall–Kier alpha value is -3.35. The van der Waals surface area contributed by atoms with Gasteiger partial charge in [0.15, 0.2) is 5.96 Å². The summed E-state index contributed by atoms with van der Waals surface area (Å²) in [6.45, 7) is 7.12. The fourth-order valence-corrected chi connectivity index (χ4v) is 2.62. The summed E-state index contributed by atoms with van der Waals surface area (Å²) in [7, 11) is 1.73. The molecule has 2 N–H and O–H groups in total. The second-order valence-electron chi connectivity index (χ2n) is 6.96. The van der Waals surface area contributed by atoms with E-state index in [9.17, 15) is 0 Å². The number of aromatic nitrogens is 2. The molecule has 0 unspecified atom stereocenters. The largest absolute Gasteiger partial charge is 0.475 e. The molecule has 1 aromatic carbocycles. The van der Waals surface area contributed by atoms with Gasteiger partial charge in [0.05, 0.1) is 18.3 Å². The number of hydrogen-bond acceptors (Lipinski definition) is 5. The standard InChI is InChI=1S/C22H27N5O2/c1-15(2)29-20-10-7-17(11-24-20)12-25-22(23-4)26-13-19-14-28-21(27-19)18-8-5-16(3)6-9-18/h5-11,14-15H,12-13H2,1-4H3,(H2,23,25,26). The average molecular weight is 393 g/mol. The number of aryl methyl sites for hydroxylation is 1. The van der Waals surface area contributed by atoms with Crippen LogP contribution in [0.25, 0.3) is 11.5 Å². The van der Waals surface area contributed by atoms with Crippen molar-refractivity contribution in [1.29, 1.82) is 0 Å². The molecule has 0 aliphatic carbocycles. The zero-order chi connectivity index (χ0) is 20.6. The van der Waals surface area contributed by atoms with Crippen molar-refractivity contribution in [2.24, 2.45) is 4.99 Å². The lowest BCUT2D eigenvalue weighted by Crippen LogP contribution is -2.36. The van der Waals surface area contributed by atoms with Gasteiger partial charge in [0.2, 0.25) is 11.8 Å². The molecule has 0 saturated heterocycles. The molecule has 0 radical (unpaired) electrons. The number of nitrogens with zero attached hydrogens (tertiary/aromatic N) is 3. The molecule has 152 valence electrons. The topological polar surface area (TPSA) is 84.6 Å². The lowest BCUT2D eigenvalue weighted by Gasteiger charge is -2.12. The smallest absolute Gasteiger partial charge is 0.226 e. The molecule has 0 atom stereocenters. The molecule has 29 heavy (non-hydrogen) atoms. The summed E-state index contributed by atoms with van der Waals surface area (Å²) in [5.41, 5.74) is 4.00. The van der Waals surface area contributed by atoms with Gasteiger partial charge in [-0.15, -0.1) is 0 Å². The maximum absolute atomic E-state index is 5.59. The minimum atomic E-state index is 0.109. The van der Waals surface area contributed by atoms with Crippen molar-refractivity contribution < 1.29 is 9.15 Å². The molecular weight excluding hydrogens is 366 g/mol. The lowest BCUT2D eigenvalue weighted by atomic mass is 10.1. The van der Waals surface area contributed by atoms with Gasteiger partial charge in [-0.25, -0.2) is 9.97 Å². The highest BCUT2D eigenvalue weighted by Crippen LogP contribution is 2.19. The first kappa shape index (κ1) is 20.4. The van der Waals surface area contributed by atoms with Crippen molar-refractivity contribution in [2.75, 3.05) is 7.05 Å². The summed E-state index contributed by atoms with van der Waals surface area (Å²) in [6, 6.07) is 11.9. The van der Waals surface area contributed by atoms with Crippen molar-refractivity contribution in [3.8, 4) is 17.3 Å². The Morgan fingerprint density at radius 3 is 2.52 bits per heavy atom. The van der Waals surface area contributed by atoms with Crippen molar-refractivity contribution in [2.45, 2.75) is 40.0 Å². The van der Waals surface area contributed by atoms with E-state index >= 15 is 0 Å². The molecule has 0 saturated carbocycles. The number of guanidine groups is 1. The SMILES string of the molecule is CN=C(NCc1ccc(OC(C)C)nc1)NCc1coc(-c2ccc(C)cc2)n1. The van der Waals surface area contributed by atoms with E-state index in [0.717, 1.165) is 16.8 Å². The third-order valence-corrected chi connectivity index (χ3v) is 4.12. The quantitative estimate of drug-likeness (QED) is 0.470. The molecule has 2 aromatic heterocycles. The highest BCUT2D eigenvalue weighted by Gasteiger charge is 2.07. The van der Waals surface area contributed by atoms with Crippen LogP contribution in [-0.4, -0.2) is 29.1 Å². The Labute approximate surface area is 171 Å². The Morgan fingerprint density at radius 2 is 1.86 bits per heavy atom. The summed E-state index contributed by atoms with van der Waals surface area (Å²) >= 11 is 0. The third-order valence-electron chi connectivity index (χ3n) is 4.12. The van der Waals surface area contributed by atoms with Crippen LogP contribution < -0.4 is 15.4 Å². The van der Waals surface area contributed by atoms with Crippen molar-refractivity contribution >= 4 is 5.96 Å². The molecule has 0 amide bonds. The van der Waals surface area contributed by atoms with Crippen LogP contribution in [0.2, 0.25) is 0 Å². The molecule has 7 nitrogen and oxygen atoms in total. The van der Waals surface area contributed by atoms with Gasteiger partial charge in [-0.05, 0) is 38.5 Å². The number of benzene rings is 1. The van der Waals surface area contributed by atoms with Gasteiger partial charge in [-0.2, -0.15) is 0 Å². The summed E-state index contributed by atoms with van der Waals surface area (Å²) < 4.78 is 11.2. The fourth-order valence-electron chi connectivity index (χ4n) is 2.62. The molecule has 0 fully saturated rings. The van der Waals surface area contributed by atoms with Crippen LogP contribution in [0.1, 0.15) is 30.7 Å². The van der Waals surface area contributed by atoms with Gasteiger partial charge in [0.1, 0.15) is 6.26 Å². The predicted molar refractivity (Wildman–Crippen MR) is 114 cm³/mol. The van der Waals surface area contributed by atoms with E-state index in [1.54, 1.807) is 19.5 Å². The van der Waals surface area contributed by atoms with Crippen LogP contribution in [0.4, 0.5) is 0 Å². The van der Waals surface area contributed by atoms with E-state index < -0.39 is 0 Å². The molecule has 7 heteroatoms. The molecule has 3 aromatic rings. The molecule has 3 rings (SSSR count). The second-order valence-corrected chi connectivity index (χ2v) is 6.96. The summed E-state index contributed by atoms with van der Waals surface area (Å²) in [5, 5.41) is 6.50. The molecule has 0 spiro atoms. The monoisotopic (exact) mass is 393 g/mol. The fraction of sp³-hybridized carbons (Fsp3) is 0.318. The zero-order valence-corrected chi connectivity index (χ0v) is 17.3. The van der Waals surface area contributed by atoms with Crippen molar-refractivity contribution in [3.05, 3.63) is 65.7 Å². The second kappa shape index (κ2) is 9.73. The molecule has 0 aliphatic heterocycles. The van der Waals surface area contributed by atoms with Gasteiger partial charge in [-0.1, -0.05) is 23.8 Å². The molecule has 2 heterocycles. The Morgan fingerprint density at radius 1 is 1.10 bits per heavy atom. The number of hydrogen-bond donors (Lipinski definition) is 2. The Kier molecular flexibility index (Phi) is 6.84. The molecule has 0 bridgehead atoms. The van der Waals surface area contributed by atoms with E-state index in [1.165, 1.54) is 5.56 Å². The van der Waals surface area contributed by atoms with Gasteiger partial charge in [0.25, 0.3) is 0 Å². The van der Waals surface area contributed by atoms with Gasteiger partial charge >= 0.3 is 0 Å². The molecular formula is C22H27N5O2. The van der Waals surface area contributed by atoms with Gasteiger partial charge in [0, 0.05) is 31.4 Å². The van der Waals surface area contributed by atoms with Gasteiger partial charge in [-0.3, -0.25) is 4.99 Å². The number of rotatable bonds is 7. The minimum absolute atomic E-state index is 0.109. The van der Waals surface area contributed by atoms with E-state index in [1.807, 2.05) is 50.2 Å². The van der Waals surface area contributed by atoms with E-state index in [4.69, 9.17) is 9.15 Å². The highest BCUT2D eigenvalue weighted by atomic mass is 16.5.